The van der Waals surface area contributed by atoms with E-state index in [0.717, 1.165) is 42.8 Å². The molecule has 1 aliphatic carbocycles. The number of aromatic nitrogens is 3. The molecular weight excluding hydrogens is 609 g/mol. The van der Waals surface area contributed by atoms with E-state index in [9.17, 15) is 13.2 Å². The molecule has 47 heavy (non-hydrogen) atoms. The number of sulfonamides is 1. The van der Waals surface area contributed by atoms with Crippen LogP contribution in [0, 0.1) is 16.7 Å². The monoisotopic (exact) mass is 656 g/mol. The van der Waals surface area contributed by atoms with E-state index in [1.54, 1.807) is 18.2 Å². The molecule has 9 nitrogen and oxygen atoms in total. The number of carbonyl (C=O) groups excluding carboxylic acids is 1. The van der Waals surface area contributed by atoms with Crippen molar-refractivity contribution in [2.45, 2.75) is 103 Å². The lowest BCUT2D eigenvalue weighted by Gasteiger charge is -2.34. The molecule has 4 bridgehead atoms. The van der Waals surface area contributed by atoms with Gasteiger partial charge >= 0.3 is 0 Å². The van der Waals surface area contributed by atoms with E-state index < -0.39 is 15.9 Å². The van der Waals surface area contributed by atoms with Crippen LogP contribution in [0.15, 0.2) is 59.8 Å². The summed E-state index contributed by atoms with van der Waals surface area (Å²) in [6, 6.07) is 12.5. The first-order chi connectivity index (χ1) is 21.8. The maximum atomic E-state index is 13.7. The fourth-order valence-electron chi connectivity index (χ4n) is 7.20. The van der Waals surface area contributed by atoms with Crippen LogP contribution in [0.2, 0.25) is 0 Å². The fraction of sp³-hybridized carbons (Fsp3) is 0.514. The van der Waals surface area contributed by atoms with E-state index >= 15 is 0 Å². The highest BCUT2D eigenvalue weighted by atomic mass is 32.2. The van der Waals surface area contributed by atoms with Crippen molar-refractivity contribution in [1.29, 1.82) is 0 Å². The summed E-state index contributed by atoms with van der Waals surface area (Å²) in [5.74, 6) is 0.716. The standard InChI is InChI=1S/C37H48N6O3S/c1-34(2,3)17-16-24-12-13-26(38-21-24)19-27-18-25-20-37(25)22-36(7,8)43(23-37)32-28(14-15-29(40-32)35(4,5)6)33(44)42-47(45,46)31-11-9-10-30(39-27)41-31/h9-17,21,25,27H,18-20,22-23H2,1-8H3,(H,39,41)(H,42,44)/b17-16+/t25?,27?,37-/m0/s1. The number of amides is 1. The summed E-state index contributed by atoms with van der Waals surface area (Å²) < 4.78 is 29.4. The second-order valence-electron chi connectivity index (χ2n) is 16.5. The van der Waals surface area contributed by atoms with Crippen molar-refractivity contribution in [2.24, 2.45) is 16.7 Å². The molecule has 0 aromatic carbocycles. The molecule has 3 aromatic heterocycles. The van der Waals surface area contributed by atoms with Gasteiger partial charge in [0.1, 0.15) is 11.6 Å². The van der Waals surface area contributed by atoms with Gasteiger partial charge < -0.3 is 10.2 Å². The summed E-state index contributed by atoms with van der Waals surface area (Å²) in [7, 11) is -4.27. The molecule has 1 saturated heterocycles. The Hall–Kier alpha value is -3.79. The largest absolute Gasteiger partial charge is 0.367 e. The average molecular weight is 657 g/mol. The topological polar surface area (TPSA) is 117 Å². The Kier molecular flexibility index (Phi) is 8.05. The number of hydrogen-bond acceptors (Lipinski definition) is 8. The minimum absolute atomic E-state index is 0.0249. The predicted molar refractivity (Wildman–Crippen MR) is 187 cm³/mol. The molecule has 3 atom stereocenters. The molecule has 3 aliphatic rings. The molecule has 1 saturated carbocycles. The quantitative estimate of drug-likeness (QED) is 0.317. The lowest BCUT2D eigenvalue weighted by atomic mass is 9.90. The van der Waals surface area contributed by atoms with Crippen LogP contribution in [-0.4, -0.2) is 47.4 Å². The molecule has 1 amide bonds. The second kappa shape index (κ2) is 11.4. The van der Waals surface area contributed by atoms with Gasteiger partial charge in [-0.2, -0.15) is 8.42 Å². The molecule has 250 valence electrons. The van der Waals surface area contributed by atoms with E-state index in [1.165, 1.54) is 6.07 Å². The van der Waals surface area contributed by atoms with Gasteiger partial charge in [0.15, 0.2) is 5.03 Å². The van der Waals surface area contributed by atoms with Gasteiger partial charge in [0, 0.05) is 47.5 Å². The molecule has 3 aromatic rings. The maximum absolute atomic E-state index is 13.7. The van der Waals surface area contributed by atoms with Crippen molar-refractivity contribution in [1.82, 2.24) is 19.7 Å². The van der Waals surface area contributed by atoms with Crippen LogP contribution >= 0.6 is 0 Å². The van der Waals surface area contributed by atoms with Crippen molar-refractivity contribution in [3.63, 3.8) is 0 Å². The number of hydrogen-bond donors (Lipinski definition) is 2. The molecule has 1 spiro atoms. The van der Waals surface area contributed by atoms with Gasteiger partial charge in [-0.25, -0.2) is 14.7 Å². The van der Waals surface area contributed by atoms with Gasteiger partial charge in [0.25, 0.3) is 15.9 Å². The Morgan fingerprint density at radius 1 is 1.02 bits per heavy atom. The second-order valence-corrected chi connectivity index (χ2v) is 18.1. The lowest BCUT2D eigenvalue weighted by molar-refractivity contribution is 0.0981. The number of nitrogens with one attached hydrogen (secondary N) is 2. The van der Waals surface area contributed by atoms with Crippen LogP contribution in [0.1, 0.15) is 102 Å². The number of fused-ring (bicyclic) bond motifs is 5. The van der Waals surface area contributed by atoms with Crippen molar-refractivity contribution in [2.75, 3.05) is 16.8 Å². The SMILES string of the molecule is CC(C)(C)/C=C/c1ccc(CC2CC3C[C@]34CN(c3nc(C(C)(C)C)ccc3C(=O)NS(=O)(=O)c3cccc(n3)N2)C(C)(C)C4)nc1. The molecule has 2 aliphatic heterocycles. The zero-order valence-corrected chi connectivity index (χ0v) is 29.7. The minimum Gasteiger partial charge on any atom is -0.367 e. The summed E-state index contributed by atoms with van der Waals surface area (Å²) in [4.78, 5) is 30.3. The Bertz CT molecular complexity index is 1820. The highest BCUT2D eigenvalue weighted by molar-refractivity contribution is 7.90. The molecule has 5 heterocycles. The summed E-state index contributed by atoms with van der Waals surface area (Å²) in [5.41, 5.74) is 2.74. The van der Waals surface area contributed by atoms with Crippen LogP contribution in [0.4, 0.5) is 11.6 Å². The van der Waals surface area contributed by atoms with Gasteiger partial charge in [-0.1, -0.05) is 65.8 Å². The lowest BCUT2D eigenvalue weighted by Crippen LogP contribution is -2.41. The highest BCUT2D eigenvalue weighted by Gasteiger charge is 2.63. The smallest absolute Gasteiger partial charge is 0.281 e. The van der Waals surface area contributed by atoms with Crippen LogP contribution in [-0.2, 0) is 21.9 Å². The van der Waals surface area contributed by atoms with Gasteiger partial charge in [0.2, 0.25) is 0 Å². The molecule has 2 N–H and O–H groups in total. The van der Waals surface area contributed by atoms with Gasteiger partial charge in [0.05, 0.1) is 5.56 Å². The minimum atomic E-state index is -4.27. The van der Waals surface area contributed by atoms with Gasteiger partial charge in [-0.3, -0.25) is 9.78 Å². The summed E-state index contributed by atoms with van der Waals surface area (Å²) in [5, 5.41) is 3.33. The molecule has 2 unspecified atom stereocenters. The van der Waals surface area contributed by atoms with E-state index in [0.29, 0.717) is 24.0 Å². The third-order valence-electron chi connectivity index (χ3n) is 9.72. The molecule has 0 radical (unpaired) electrons. The van der Waals surface area contributed by atoms with E-state index in [2.05, 4.69) is 99.6 Å². The third kappa shape index (κ3) is 7.08. The van der Waals surface area contributed by atoms with Gasteiger partial charge in [-0.05, 0) is 85.8 Å². The normalized spacial score (nSPS) is 25.2. The Morgan fingerprint density at radius 3 is 2.47 bits per heavy atom. The zero-order chi connectivity index (χ0) is 34.0. The van der Waals surface area contributed by atoms with E-state index in [1.807, 2.05) is 12.3 Å². The fourth-order valence-corrected chi connectivity index (χ4v) is 8.14. The first kappa shape index (κ1) is 33.1. The number of allylic oxidation sites excluding steroid dienone is 1. The van der Waals surface area contributed by atoms with Crippen molar-refractivity contribution < 1.29 is 13.2 Å². The van der Waals surface area contributed by atoms with Crippen LogP contribution in [0.5, 0.6) is 0 Å². The van der Waals surface area contributed by atoms with Crippen LogP contribution in [0.3, 0.4) is 0 Å². The van der Waals surface area contributed by atoms with E-state index in [4.69, 9.17) is 9.97 Å². The van der Waals surface area contributed by atoms with Crippen LogP contribution < -0.4 is 14.9 Å². The molecular formula is C37H48N6O3S. The molecule has 10 heteroatoms. The summed E-state index contributed by atoms with van der Waals surface area (Å²) in [6.45, 7) is 17.9. The Balaban J connectivity index is 1.38. The summed E-state index contributed by atoms with van der Waals surface area (Å²) >= 11 is 0. The molecule has 6 rings (SSSR count). The summed E-state index contributed by atoms with van der Waals surface area (Å²) in [6.07, 6.45) is 9.78. The first-order valence-corrected chi connectivity index (χ1v) is 18.1. The van der Waals surface area contributed by atoms with Crippen molar-refractivity contribution in [3.8, 4) is 0 Å². The zero-order valence-electron chi connectivity index (χ0n) is 28.9. The van der Waals surface area contributed by atoms with Crippen LogP contribution in [0.25, 0.3) is 6.08 Å². The van der Waals surface area contributed by atoms with E-state index in [-0.39, 0.29) is 38.4 Å². The van der Waals surface area contributed by atoms with Gasteiger partial charge in [-0.15, -0.1) is 0 Å². The van der Waals surface area contributed by atoms with Crippen molar-refractivity contribution in [3.05, 3.63) is 77.3 Å². The average Bonchev–Trinajstić information content (AvgIpc) is 3.53. The molecule has 2 fully saturated rings. The number of pyridine rings is 3. The Morgan fingerprint density at radius 2 is 1.79 bits per heavy atom. The first-order valence-electron chi connectivity index (χ1n) is 16.6. The number of nitrogens with zero attached hydrogens (tertiary/aromatic N) is 4. The number of carbonyl (C=O) groups is 1. The van der Waals surface area contributed by atoms with Crippen molar-refractivity contribution >= 4 is 33.6 Å². The third-order valence-corrected chi connectivity index (χ3v) is 10.9. The highest BCUT2D eigenvalue weighted by Crippen LogP contribution is 2.64. The maximum Gasteiger partial charge on any atom is 0.281 e. The Labute approximate surface area is 279 Å². The number of anilines is 2. The number of rotatable bonds is 3. The predicted octanol–water partition coefficient (Wildman–Crippen LogP) is 6.77.